The summed E-state index contributed by atoms with van der Waals surface area (Å²) >= 11 is 0. The molecule has 3 rings (SSSR count). The van der Waals surface area contributed by atoms with E-state index in [9.17, 15) is 21.6 Å². The first-order valence-corrected chi connectivity index (χ1v) is 13.0. The van der Waals surface area contributed by atoms with E-state index in [-0.39, 0.29) is 16.3 Å². The van der Waals surface area contributed by atoms with Crippen molar-refractivity contribution in [2.24, 2.45) is 0 Å². The van der Waals surface area contributed by atoms with Gasteiger partial charge in [-0.25, -0.2) is 21.6 Å². The molecular formula is C21H26N2O7S2. The van der Waals surface area contributed by atoms with E-state index >= 15 is 0 Å². The fourth-order valence-electron chi connectivity index (χ4n) is 3.68. The maximum absolute atomic E-state index is 13.3. The van der Waals surface area contributed by atoms with E-state index in [1.54, 1.807) is 26.8 Å². The van der Waals surface area contributed by atoms with Crippen LogP contribution in [0.25, 0.3) is 0 Å². The second-order valence-electron chi connectivity index (χ2n) is 7.32. The standard InChI is InChI=1S/C21H26N2O7S2/c1-4-22(5-2)31(26,27)18-6-8-19-16(13-18)10-11-23(19)32(28,29)17-7-9-20(15(3)12-17)30-14-21(24)25/h6-9,12-13H,4-5,10-11,14H2,1-3H3,(H,24,25). The van der Waals surface area contributed by atoms with Gasteiger partial charge in [-0.1, -0.05) is 13.8 Å². The molecule has 0 saturated heterocycles. The van der Waals surface area contributed by atoms with E-state index in [1.165, 1.54) is 38.9 Å². The molecule has 174 valence electrons. The second kappa shape index (κ2) is 9.08. The number of hydrogen-bond donors (Lipinski definition) is 1. The Kier molecular flexibility index (Phi) is 6.82. The number of hydrogen-bond acceptors (Lipinski definition) is 6. The van der Waals surface area contributed by atoms with Crippen molar-refractivity contribution in [3.63, 3.8) is 0 Å². The zero-order valence-corrected chi connectivity index (χ0v) is 19.7. The van der Waals surface area contributed by atoms with Crippen LogP contribution in [0.4, 0.5) is 5.69 Å². The van der Waals surface area contributed by atoms with Gasteiger partial charge in [-0.2, -0.15) is 4.31 Å². The highest BCUT2D eigenvalue weighted by molar-refractivity contribution is 7.92. The predicted molar refractivity (Wildman–Crippen MR) is 119 cm³/mol. The van der Waals surface area contributed by atoms with Crippen molar-refractivity contribution in [3.05, 3.63) is 47.5 Å². The summed E-state index contributed by atoms with van der Waals surface area (Å²) in [6, 6.07) is 8.76. The topological polar surface area (TPSA) is 121 Å². The summed E-state index contributed by atoms with van der Waals surface area (Å²) in [7, 11) is -7.54. The number of aryl methyl sites for hydroxylation is 1. The first-order valence-electron chi connectivity index (χ1n) is 10.1. The van der Waals surface area contributed by atoms with E-state index in [0.29, 0.717) is 42.1 Å². The largest absolute Gasteiger partial charge is 0.482 e. The van der Waals surface area contributed by atoms with E-state index in [1.807, 2.05) is 0 Å². The first-order chi connectivity index (χ1) is 15.0. The minimum Gasteiger partial charge on any atom is -0.482 e. The van der Waals surface area contributed by atoms with Gasteiger partial charge in [-0.3, -0.25) is 4.31 Å². The van der Waals surface area contributed by atoms with Crippen molar-refractivity contribution in [1.29, 1.82) is 0 Å². The van der Waals surface area contributed by atoms with Crippen LogP contribution >= 0.6 is 0 Å². The number of rotatable bonds is 9. The Balaban J connectivity index is 1.92. The Labute approximate surface area is 188 Å². The molecule has 1 aliphatic heterocycles. The number of fused-ring (bicyclic) bond motifs is 1. The van der Waals surface area contributed by atoms with E-state index in [0.717, 1.165) is 0 Å². The van der Waals surface area contributed by atoms with Crippen molar-refractivity contribution in [2.75, 3.05) is 30.5 Å². The number of benzene rings is 2. The fraction of sp³-hybridized carbons (Fsp3) is 0.381. The number of sulfonamides is 2. The van der Waals surface area contributed by atoms with Crippen LogP contribution in [0.5, 0.6) is 5.75 Å². The average Bonchev–Trinajstić information content (AvgIpc) is 3.17. The summed E-state index contributed by atoms with van der Waals surface area (Å²) in [5, 5.41) is 8.75. The third-order valence-corrected chi connectivity index (χ3v) is 9.19. The van der Waals surface area contributed by atoms with Crippen LogP contribution in [0.2, 0.25) is 0 Å². The highest BCUT2D eigenvalue weighted by Gasteiger charge is 2.33. The number of carbonyl (C=O) groups is 1. The summed E-state index contributed by atoms with van der Waals surface area (Å²) in [5.74, 6) is -0.837. The molecule has 0 aliphatic carbocycles. The van der Waals surface area contributed by atoms with Crippen LogP contribution in [0.15, 0.2) is 46.2 Å². The molecule has 1 N–H and O–H groups in total. The zero-order valence-electron chi connectivity index (χ0n) is 18.1. The Morgan fingerprint density at radius 3 is 2.31 bits per heavy atom. The van der Waals surface area contributed by atoms with Crippen LogP contribution in [0, 0.1) is 6.92 Å². The minimum absolute atomic E-state index is 0.0466. The van der Waals surface area contributed by atoms with Gasteiger partial charge in [-0.05, 0) is 60.9 Å². The van der Waals surface area contributed by atoms with Crippen LogP contribution < -0.4 is 9.04 Å². The van der Waals surface area contributed by atoms with Crippen molar-refractivity contribution in [2.45, 2.75) is 37.0 Å². The van der Waals surface area contributed by atoms with Gasteiger partial charge in [0.15, 0.2) is 6.61 Å². The third kappa shape index (κ3) is 4.45. The Morgan fingerprint density at radius 1 is 1.06 bits per heavy atom. The molecule has 0 bridgehead atoms. The highest BCUT2D eigenvalue weighted by Crippen LogP contribution is 2.35. The number of nitrogens with zero attached hydrogens (tertiary/aromatic N) is 2. The molecule has 0 atom stereocenters. The summed E-state index contributed by atoms with van der Waals surface area (Å²) in [6.07, 6.45) is 0.398. The van der Waals surface area contributed by atoms with E-state index in [2.05, 4.69) is 0 Å². The maximum atomic E-state index is 13.3. The van der Waals surface area contributed by atoms with Gasteiger partial charge in [0.2, 0.25) is 10.0 Å². The zero-order chi connectivity index (χ0) is 23.7. The van der Waals surface area contributed by atoms with Crippen molar-refractivity contribution in [3.8, 4) is 5.75 Å². The molecule has 0 saturated carbocycles. The van der Waals surface area contributed by atoms with Crippen LogP contribution in [0.1, 0.15) is 25.0 Å². The van der Waals surface area contributed by atoms with Gasteiger partial charge in [-0.15, -0.1) is 0 Å². The van der Waals surface area contributed by atoms with Crippen molar-refractivity contribution >= 4 is 31.7 Å². The van der Waals surface area contributed by atoms with E-state index in [4.69, 9.17) is 9.84 Å². The first kappa shape index (κ1) is 24.0. The molecule has 32 heavy (non-hydrogen) atoms. The smallest absolute Gasteiger partial charge is 0.341 e. The van der Waals surface area contributed by atoms with Crippen molar-refractivity contribution < 1.29 is 31.5 Å². The number of ether oxygens (including phenoxy) is 1. The number of carboxylic acid groups (broad SMARTS) is 1. The molecule has 9 nitrogen and oxygen atoms in total. The monoisotopic (exact) mass is 482 g/mol. The lowest BCUT2D eigenvalue weighted by Gasteiger charge is -2.21. The molecule has 11 heteroatoms. The SMILES string of the molecule is CCN(CC)S(=O)(=O)c1ccc2c(c1)CCN2S(=O)(=O)c1ccc(OCC(=O)O)c(C)c1. The maximum Gasteiger partial charge on any atom is 0.341 e. The molecule has 0 radical (unpaired) electrons. The lowest BCUT2D eigenvalue weighted by atomic mass is 10.2. The molecule has 0 fully saturated rings. The molecule has 0 amide bonds. The number of anilines is 1. The summed E-state index contributed by atoms with van der Waals surface area (Å²) in [4.78, 5) is 10.9. The second-order valence-corrected chi connectivity index (χ2v) is 11.1. The minimum atomic E-state index is -3.90. The molecule has 0 aromatic heterocycles. The number of aliphatic carboxylic acids is 1. The Morgan fingerprint density at radius 2 is 1.72 bits per heavy atom. The van der Waals surface area contributed by atoms with Gasteiger partial charge >= 0.3 is 5.97 Å². The molecule has 2 aromatic rings. The van der Waals surface area contributed by atoms with Gasteiger partial charge in [0.05, 0.1) is 15.5 Å². The third-order valence-electron chi connectivity index (χ3n) is 5.33. The molecular weight excluding hydrogens is 456 g/mol. The molecule has 0 unspecified atom stereocenters. The molecule has 1 heterocycles. The lowest BCUT2D eigenvalue weighted by Crippen LogP contribution is -2.31. The van der Waals surface area contributed by atoms with Gasteiger partial charge in [0, 0.05) is 19.6 Å². The Hall–Kier alpha value is -2.63. The number of carboxylic acids is 1. The van der Waals surface area contributed by atoms with Crippen LogP contribution in [-0.2, 0) is 31.3 Å². The van der Waals surface area contributed by atoms with Gasteiger partial charge < -0.3 is 9.84 Å². The molecule has 2 aromatic carbocycles. The van der Waals surface area contributed by atoms with Gasteiger partial charge in [0.1, 0.15) is 5.75 Å². The van der Waals surface area contributed by atoms with Crippen LogP contribution in [0.3, 0.4) is 0 Å². The summed E-state index contributed by atoms with van der Waals surface area (Å²) < 4.78 is 59.9. The molecule has 1 aliphatic rings. The predicted octanol–water partition coefficient (Wildman–Crippen LogP) is 2.24. The van der Waals surface area contributed by atoms with Crippen LogP contribution in [-0.4, -0.2) is 58.5 Å². The fourth-order valence-corrected chi connectivity index (χ4v) is 6.78. The Bertz CT molecular complexity index is 1240. The highest BCUT2D eigenvalue weighted by atomic mass is 32.2. The lowest BCUT2D eigenvalue weighted by molar-refractivity contribution is -0.139. The normalized spacial score (nSPS) is 13.9. The molecule has 0 spiro atoms. The van der Waals surface area contributed by atoms with E-state index < -0.39 is 32.6 Å². The van der Waals surface area contributed by atoms with Crippen molar-refractivity contribution in [1.82, 2.24) is 4.31 Å². The quantitative estimate of drug-likeness (QED) is 0.582. The average molecular weight is 483 g/mol. The summed E-state index contributed by atoms with van der Waals surface area (Å²) in [5.41, 5.74) is 1.60. The van der Waals surface area contributed by atoms with Gasteiger partial charge in [0.25, 0.3) is 10.0 Å². The summed E-state index contributed by atoms with van der Waals surface area (Å²) in [6.45, 7) is 5.54.